The fourth-order valence-electron chi connectivity index (χ4n) is 2.58. The molecule has 108 valence electrons. The fraction of sp³-hybridized carbons (Fsp3) is 0.0588. The molecular weight excluding hydrogens is 276 g/mol. The van der Waals surface area contributed by atoms with E-state index in [1.165, 1.54) is 0 Å². The number of hydrogen-bond donors (Lipinski definition) is 2. The van der Waals surface area contributed by atoms with Crippen molar-refractivity contribution in [2.24, 2.45) is 0 Å². The number of hydrogen-bond acceptors (Lipinski definition) is 3. The monoisotopic (exact) mass is 290 g/mol. The summed E-state index contributed by atoms with van der Waals surface area (Å²) in [7, 11) is 0. The molecular formula is C17H14N4O. The van der Waals surface area contributed by atoms with Crippen LogP contribution in [-0.4, -0.2) is 15.7 Å². The zero-order chi connectivity index (χ0) is 14.9. The fourth-order valence-corrected chi connectivity index (χ4v) is 2.58. The molecule has 0 atom stereocenters. The highest BCUT2D eigenvalue weighted by molar-refractivity contribution is 6.11. The topological polar surface area (TPSA) is 59.0 Å². The minimum atomic E-state index is -0.147. The SMILES string of the molecule is O=C1Nc2ccccc2Nc2c1cnn2Cc1ccccc1. The highest BCUT2D eigenvalue weighted by Gasteiger charge is 2.22. The molecule has 5 nitrogen and oxygen atoms in total. The van der Waals surface area contributed by atoms with Gasteiger partial charge in [-0.3, -0.25) is 4.79 Å². The van der Waals surface area contributed by atoms with Crippen molar-refractivity contribution in [1.82, 2.24) is 9.78 Å². The van der Waals surface area contributed by atoms with Gasteiger partial charge in [-0.1, -0.05) is 42.5 Å². The maximum atomic E-state index is 12.3. The molecule has 0 aliphatic carbocycles. The van der Waals surface area contributed by atoms with E-state index < -0.39 is 0 Å². The Kier molecular flexibility index (Phi) is 2.89. The van der Waals surface area contributed by atoms with E-state index in [0.717, 1.165) is 16.9 Å². The van der Waals surface area contributed by atoms with Gasteiger partial charge in [0.05, 0.1) is 24.1 Å². The first-order valence-electron chi connectivity index (χ1n) is 7.08. The number of rotatable bonds is 2. The van der Waals surface area contributed by atoms with Crippen LogP contribution in [0, 0.1) is 0 Å². The smallest absolute Gasteiger partial charge is 0.261 e. The lowest BCUT2D eigenvalue weighted by atomic mass is 10.2. The van der Waals surface area contributed by atoms with E-state index in [0.29, 0.717) is 17.9 Å². The second kappa shape index (κ2) is 5.04. The number of carbonyl (C=O) groups is 1. The number of carbonyl (C=O) groups excluding carboxylic acids is 1. The van der Waals surface area contributed by atoms with Gasteiger partial charge in [0.15, 0.2) is 0 Å². The Hall–Kier alpha value is -3.08. The Labute approximate surface area is 127 Å². The van der Waals surface area contributed by atoms with Crippen LogP contribution in [0.1, 0.15) is 15.9 Å². The highest BCUT2D eigenvalue weighted by atomic mass is 16.1. The molecule has 0 unspecified atom stereocenters. The van der Waals surface area contributed by atoms with Crippen LogP contribution in [0.25, 0.3) is 0 Å². The molecule has 4 rings (SSSR count). The van der Waals surface area contributed by atoms with Crippen LogP contribution in [0.15, 0.2) is 60.8 Å². The minimum Gasteiger partial charge on any atom is -0.338 e. The number of para-hydroxylation sites is 2. The molecule has 3 aromatic rings. The number of benzene rings is 2. The molecule has 1 amide bonds. The number of nitrogens with one attached hydrogen (secondary N) is 2. The summed E-state index contributed by atoms with van der Waals surface area (Å²) in [6.45, 7) is 0.610. The first kappa shape index (κ1) is 12.6. The molecule has 0 radical (unpaired) electrons. The average molecular weight is 290 g/mol. The molecule has 0 saturated carbocycles. The van der Waals surface area contributed by atoms with Gasteiger partial charge in [-0.25, -0.2) is 4.68 Å². The van der Waals surface area contributed by atoms with Crippen LogP contribution in [0.5, 0.6) is 0 Å². The molecule has 5 heteroatoms. The molecule has 0 bridgehead atoms. The van der Waals surface area contributed by atoms with Crippen molar-refractivity contribution in [2.75, 3.05) is 10.6 Å². The summed E-state index contributed by atoms with van der Waals surface area (Å²) < 4.78 is 1.81. The molecule has 0 spiro atoms. The minimum absolute atomic E-state index is 0.147. The van der Waals surface area contributed by atoms with Gasteiger partial charge in [0.25, 0.3) is 5.91 Å². The molecule has 1 aliphatic rings. The zero-order valence-corrected chi connectivity index (χ0v) is 11.8. The Bertz CT molecular complexity index is 839. The molecule has 0 fully saturated rings. The van der Waals surface area contributed by atoms with Crippen LogP contribution in [0.4, 0.5) is 17.2 Å². The van der Waals surface area contributed by atoms with E-state index in [1.54, 1.807) is 6.20 Å². The number of fused-ring (bicyclic) bond motifs is 2. The number of anilines is 3. The molecule has 22 heavy (non-hydrogen) atoms. The first-order chi connectivity index (χ1) is 10.8. The summed E-state index contributed by atoms with van der Waals surface area (Å²) in [6, 6.07) is 17.7. The Morgan fingerprint density at radius 3 is 2.36 bits per heavy atom. The third-order valence-electron chi connectivity index (χ3n) is 3.69. The van der Waals surface area contributed by atoms with E-state index >= 15 is 0 Å². The summed E-state index contributed by atoms with van der Waals surface area (Å²) in [6.07, 6.45) is 1.60. The predicted octanol–water partition coefficient (Wildman–Crippen LogP) is 3.24. The van der Waals surface area contributed by atoms with E-state index in [9.17, 15) is 4.79 Å². The van der Waals surface area contributed by atoms with Gasteiger partial charge in [-0.2, -0.15) is 5.10 Å². The quantitative estimate of drug-likeness (QED) is 0.761. The lowest BCUT2D eigenvalue weighted by Crippen LogP contribution is -2.10. The van der Waals surface area contributed by atoms with Crippen molar-refractivity contribution in [3.8, 4) is 0 Å². The zero-order valence-electron chi connectivity index (χ0n) is 11.8. The molecule has 1 aliphatic heterocycles. The Balaban J connectivity index is 1.76. The lowest BCUT2D eigenvalue weighted by molar-refractivity contribution is 0.102. The Morgan fingerprint density at radius 1 is 0.909 bits per heavy atom. The largest absolute Gasteiger partial charge is 0.338 e. The van der Waals surface area contributed by atoms with E-state index in [2.05, 4.69) is 15.7 Å². The second-order valence-electron chi connectivity index (χ2n) is 5.17. The van der Waals surface area contributed by atoms with E-state index in [1.807, 2.05) is 59.3 Å². The normalized spacial score (nSPS) is 12.6. The van der Waals surface area contributed by atoms with Gasteiger partial charge in [-0.05, 0) is 17.7 Å². The van der Waals surface area contributed by atoms with E-state index in [-0.39, 0.29) is 5.91 Å². The maximum Gasteiger partial charge on any atom is 0.261 e. The van der Waals surface area contributed by atoms with Gasteiger partial charge < -0.3 is 10.6 Å². The van der Waals surface area contributed by atoms with Gasteiger partial charge in [0, 0.05) is 0 Å². The first-order valence-corrected chi connectivity index (χ1v) is 7.08. The van der Waals surface area contributed by atoms with Crippen molar-refractivity contribution < 1.29 is 4.79 Å². The molecule has 1 aromatic heterocycles. The van der Waals surface area contributed by atoms with Crippen molar-refractivity contribution >= 4 is 23.1 Å². The number of nitrogens with zero attached hydrogens (tertiary/aromatic N) is 2. The molecule has 2 aromatic carbocycles. The third-order valence-corrected chi connectivity index (χ3v) is 3.69. The van der Waals surface area contributed by atoms with Crippen LogP contribution in [-0.2, 0) is 6.54 Å². The van der Waals surface area contributed by atoms with E-state index in [4.69, 9.17) is 0 Å². The summed E-state index contributed by atoms with van der Waals surface area (Å²) in [5, 5.41) is 10.6. The molecule has 2 heterocycles. The van der Waals surface area contributed by atoms with Gasteiger partial charge in [-0.15, -0.1) is 0 Å². The van der Waals surface area contributed by atoms with Crippen LogP contribution < -0.4 is 10.6 Å². The lowest BCUT2D eigenvalue weighted by Gasteiger charge is -2.11. The van der Waals surface area contributed by atoms with Gasteiger partial charge in [0.1, 0.15) is 11.4 Å². The Morgan fingerprint density at radius 2 is 1.59 bits per heavy atom. The molecule has 2 N–H and O–H groups in total. The summed E-state index contributed by atoms with van der Waals surface area (Å²) in [5.74, 6) is 0.568. The van der Waals surface area contributed by atoms with Crippen molar-refractivity contribution in [2.45, 2.75) is 6.54 Å². The molecule has 0 saturated heterocycles. The standard InChI is InChI=1S/C17H14N4O/c22-17-13-10-18-21(11-12-6-2-1-3-7-12)16(13)19-14-8-4-5-9-15(14)20-17/h1-10,19H,11H2,(H,20,22). The van der Waals surface area contributed by atoms with Crippen LogP contribution >= 0.6 is 0 Å². The number of aromatic nitrogens is 2. The summed E-state index contributed by atoms with van der Waals surface area (Å²) >= 11 is 0. The third kappa shape index (κ3) is 2.13. The number of amides is 1. The second-order valence-corrected chi connectivity index (χ2v) is 5.17. The van der Waals surface area contributed by atoms with Crippen LogP contribution in [0.2, 0.25) is 0 Å². The maximum absolute atomic E-state index is 12.3. The van der Waals surface area contributed by atoms with Gasteiger partial charge in [0.2, 0.25) is 0 Å². The van der Waals surface area contributed by atoms with Crippen molar-refractivity contribution in [3.63, 3.8) is 0 Å². The van der Waals surface area contributed by atoms with Crippen molar-refractivity contribution in [3.05, 3.63) is 71.9 Å². The van der Waals surface area contributed by atoms with Crippen molar-refractivity contribution in [1.29, 1.82) is 0 Å². The summed E-state index contributed by atoms with van der Waals surface area (Å²) in [4.78, 5) is 12.3. The predicted molar refractivity (Wildman–Crippen MR) is 85.4 cm³/mol. The van der Waals surface area contributed by atoms with Crippen LogP contribution in [0.3, 0.4) is 0 Å². The van der Waals surface area contributed by atoms with Gasteiger partial charge >= 0.3 is 0 Å². The summed E-state index contributed by atoms with van der Waals surface area (Å²) in [5.41, 5.74) is 3.32. The average Bonchev–Trinajstić information content (AvgIpc) is 2.86. The highest BCUT2D eigenvalue weighted by Crippen LogP contribution is 2.31.